The van der Waals surface area contributed by atoms with E-state index in [1.807, 2.05) is 84.7 Å². The van der Waals surface area contributed by atoms with Crippen LogP contribution in [0, 0.1) is 11.3 Å². The lowest BCUT2D eigenvalue weighted by Crippen LogP contribution is -2.28. The number of allylic oxidation sites excluding steroid dienone is 1. The van der Waals surface area contributed by atoms with Gasteiger partial charge in [0.1, 0.15) is 17.5 Å². The molecule has 0 radical (unpaired) electrons. The number of nitrogens with zero attached hydrogens (tertiary/aromatic N) is 5. The average Bonchev–Trinajstić information content (AvgIpc) is 3.48. The lowest BCUT2D eigenvalue weighted by molar-refractivity contribution is -0.124. The van der Waals surface area contributed by atoms with E-state index in [9.17, 15) is 14.9 Å². The fourth-order valence-corrected chi connectivity index (χ4v) is 4.08. The monoisotopic (exact) mass is 454 g/mol. The fourth-order valence-electron chi connectivity index (χ4n) is 4.08. The summed E-state index contributed by atoms with van der Waals surface area (Å²) in [5.41, 5.74) is 3.98. The summed E-state index contributed by atoms with van der Waals surface area (Å²) in [4.78, 5) is 28.8. The molecule has 0 fully saturated rings. The van der Waals surface area contributed by atoms with Crippen LogP contribution in [0.4, 0.5) is 11.4 Å². The zero-order valence-corrected chi connectivity index (χ0v) is 19.2. The largest absolute Gasteiger partial charge is 0.356 e. The zero-order chi connectivity index (χ0) is 24.1. The summed E-state index contributed by atoms with van der Waals surface area (Å²) in [6.45, 7) is 0.473. The molecule has 1 N–H and O–H groups in total. The third kappa shape index (κ3) is 4.69. The van der Waals surface area contributed by atoms with Gasteiger partial charge in [-0.05, 0) is 42.3 Å². The third-order valence-corrected chi connectivity index (χ3v) is 5.87. The molecule has 1 aromatic heterocycles. The second-order valence-electron chi connectivity index (χ2n) is 8.06. The predicted molar refractivity (Wildman–Crippen MR) is 130 cm³/mol. The number of benzene rings is 2. The van der Waals surface area contributed by atoms with Crippen LogP contribution in [0.15, 0.2) is 78.4 Å². The molecule has 0 saturated heterocycles. The first-order valence-electron chi connectivity index (χ1n) is 11.1. The molecule has 8 heteroatoms. The van der Waals surface area contributed by atoms with Crippen molar-refractivity contribution in [3.8, 4) is 11.8 Å². The minimum Gasteiger partial charge on any atom is -0.356 e. The Bertz CT molecular complexity index is 1220. The van der Waals surface area contributed by atoms with Crippen molar-refractivity contribution in [2.75, 3.05) is 30.4 Å². The number of aromatic nitrogens is 2. The number of carbonyl (C=O) groups excluding carboxylic acids is 2. The predicted octanol–water partition coefficient (Wildman–Crippen LogP) is 3.20. The van der Waals surface area contributed by atoms with Gasteiger partial charge in [-0.3, -0.25) is 9.59 Å². The smallest absolute Gasteiger partial charge is 0.220 e. The summed E-state index contributed by atoms with van der Waals surface area (Å²) in [5, 5.41) is 16.8. The van der Waals surface area contributed by atoms with Crippen molar-refractivity contribution in [2.24, 2.45) is 0 Å². The topological polar surface area (TPSA) is 94.3 Å². The van der Waals surface area contributed by atoms with Crippen molar-refractivity contribution >= 4 is 23.1 Å². The molecule has 34 heavy (non-hydrogen) atoms. The van der Waals surface area contributed by atoms with Crippen molar-refractivity contribution < 1.29 is 9.59 Å². The Morgan fingerprint density at radius 3 is 2.24 bits per heavy atom. The van der Waals surface area contributed by atoms with Gasteiger partial charge in [0.25, 0.3) is 0 Å². The molecule has 0 aliphatic carbocycles. The van der Waals surface area contributed by atoms with Gasteiger partial charge in [0.05, 0.1) is 17.1 Å². The maximum atomic E-state index is 12.8. The number of ketones is 1. The number of para-hydroxylation sites is 2. The van der Waals surface area contributed by atoms with Crippen molar-refractivity contribution in [1.29, 1.82) is 5.26 Å². The molecule has 0 unspecified atom stereocenters. The summed E-state index contributed by atoms with van der Waals surface area (Å²) in [6.07, 6.45) is 4.31. The highest BCUT2D eigenvalue weighted by molar-refractivity contribution is 6.03. The van der Waals surface area contributed by atoms with E-state index in [1.165, 1.54) is 0 Å². The molecule has 1 aliphatic rings. The molecule has 0 bridgehead atoms. The van der Waals surface area contributed by atoms with Gasteiger partial charge < -0.3 is 15.1 Å². The highest BCUT2D eigenvalue weighted by Crippen LogP contribution is 2.40. The van der Waals surface area contributed by atoms with Gasteiger partial charge in [0, 0.05) is 45.9 Å². The van der Waals surface area contributed by atoms with Crippen LogP contribution in [-0.2, 0) is 16.0 Å². The minimum absolute atomic E-state index is 0.0190. The van der Waals surface area contributed by atoms with Crippen LogP contribution in [-0.4, -0.2) is 42.1 Å². The SMILES string of the molecule is CN1C(=C(C#N)C(=O)CCC(=O)NCCc2ccc(-n3cccn3)cc2)N(C)c2ccccc21. The van der Waals surface area contributed by atoms with Crippen LogP contribution in [0.3, 0.4) is 0 Å². The van der Waals surface area contributed by atoms with Crippen LogP contribution in [0.5, 0.6) is 0 Å². The molecule has 0 saturated carbocycles. The van der Waals surface area contributed by atoms with Gasteiger partial charge in [-0.25, -0.2) is 4.68 Å². The summed E-state index contributed by atoms with van der Waals surface area (Å²) in [7, 11) is 3.66. The molecule has 2 heterocycles. The number of Topliss-reactive ketones (excluding diaryl/α,β-unsaturated/α-hetero) is 1. The first-order valence-corrected chi connectivity index (χ1v) is 11.1. The lowest BCUT2D eigenvalue weighted by Gasteiger charge is -2.19. The van der Waals surface area contributed by atoms with Crippen LogP contribution in [0.2, 0.25) is 0 Å². The molecular weight excluding hydrogens is 428 g/mol. The second kappa shape index (κ2) is 10.0. The molecule has 0 spiro atoms. The van der Waals surface area contributed by atoms with Crippen molar-refractivity contribution in [1.82, 2.24) is 15.1 Å². The molecule has 4 rings (SSSR count). The van der Waals surface area contributed by atoms with Gasteiger partial charge in [0.15, 0.2) is 5.78 Å². The number of nitrogens with one attached hydrogen (secondary N) is 1. The van der Waals surface area contributed by atoms with E-state index in [-0.39, 0.29) is 30.1 Å². The Morgan fingerprint density at radius 1 is 0.971 bits per heavy atom. The summed E-state index contributed by atoms with van der Waals surface area (Å²) in [6, 6.07) is 19.6. The Morgan fingerprint density at radius 2 is 1.65 bits per heavy atom. The summed E-state index contributed by atoms with van der Waals surface area (Å²) in [5.74, 6) is -0.0127. The van der Waals surface area contributed by atoms with Crippen LogP contribution >= 0.6 is 0 Å². The average molecular weight is 455 g/mol. The Kier molecular flexibility index (Phi) is 6.74. The number of hydrogen-bond donors (Lipinski definition) is 1. The summed E-state index contributed by atoms with van der Waals surface area (Å²) < 4.78 is 1.78. The van der Waals surface area contributed by atoms with Gasteiger partial charge >= 0.3 is 0 Å². The quantitative estimate of drug-likeness (QED) is 0.415. The van der Waals surface area contributed by atoms with Crippen LogP contribution < -0.4 is 15.1 Å². The molecule has 3 aromatic rings. The lowest BCUT2D eigenvalue weighted by atomic mass is 10.1. The van der Waals surface area contributed by atoms with Gasteiger partial charge in [-0.1, -0.05) is 24.3 Å². The third-order valence-electron chi connectivity index (χ3n) is 5.87. The normalized spacial score (nSPS) is 12.3. The van der Waals surface area contributed by atoms with E-state index >= 15 is 0 Å². The summed E-state index contributed by atoms with van der Waals surface area (Å²) >= 11 is 0. The number of amides is 1. The molecule has 0 atom stereocenters. The first kappa shape index (κ1) is 22.8. The van der Waals surface area contributed by atoms with E-state index in [4.69, 9.17) is 0 Å². The molecule has 1 aliphatic heterocycles. The Balaban J connectivity index is 1.28. The van der Waals surface area contributed by atoms with Gasteiger partial charge in [0.2, 0.25) is 5.91 Å². The fraction of sp³-hybridized carbons (Fsp3) is 0.231. The molecule has 172 valence electrons. The minimum atomic E-state index is -0.339. The van der Waals surface area contributed by atoms with Crippen molar-refractivity contribution in [3.63, 3.8) is 0 Å². The van der Waals surface area contributed by atoms with E-state index in [0.29, 0.717) is 18.8 Å². The standard InChI is InChI=1S/C26H26N6O2/c1-30-22-6-3-4-7-23(22)31(2)26(30)21(18-27)24(33)12-13-25(34)28-16-14-19-8-10-20(11-9-19)32-17-5-15-29-32/h3-11,15,17H,12-14,16H2,1-2H3,(H,28,34). The van der Waals surface area contributed by atoms with E-state index in [2.05, 4.69) is 16.5 Å². The number of fused-ring (bicyclic) bond motifs is 1. The highest BCUT2D eigenvalue weighted by atomic mass is 16.2. The molecule has 2 aromatic carbocycles. The van der Waals surface area contributed by atoms with Crippen molar-refractivity contribution in [2.45, 2.75) is 19.3 Å². The number of hydrogen-bond acceptors (Lipinski definition) is 6. The maximum Gasteiger partial charge on any atom is 0.220 e. The number of nitriles is 1. The second-order valence-corrected chi connectivity index (χ2v) is 8.06. The maximum absolute atomic E-state index is 12.8. The van der Waals surface area contributed by atoms with E-state index in [1.54, 1.807) is 10.9 Å². The van der Waals surface area contributed by atoms with Crippen LogP contribution in [0.1, 0.15) is 18.4 Å². The Labute approximate surface area is 198 Å². The van der Waals surface area contributed by atoms with E-state index in [0.717, 1.165) is 22.6 Å². The Hall–Kier alpha value is -4.38. The highest BCUT2D eigenvalue weighted by Gasteiger charge is 2.31. The molecule has 8 nitrogen and oxygen atoms in total. The number of anilines is 2. The number of carbonyl (C=O) groups is 2. The van der Waals surface area contributed by atoms with Gasteiger partial charge in [-0.15, -0.1) is 0 Å². The van der Waals surface area contributed by atoms with Crippen LogP contribution in [0.25, 0.3) is 5.69 Å². The first-order chi connectivity index (χ1) is 16.5. The van der Waals surface area contributed by atoms with Gasteiger partial charge in [-0.2, -0.15) is 10.4 Å². The number of rotatable bonds is 8. The zero-order valence-electron chi connectivity index (χ0n) is 19.2. The molecule has 1 amide bonds. The van der Waals surface area contributed by atoms with E-state index < -0.39 is 0 Å². The molecular formula is C26H26N6O2. The van der Waals surface area contributed by atoms with Crippen molar-refractivity contribution in [3.05, 3.63) is 83.9 Å².